The largest absolute Gasteiger partial charge is 0.493 e. The van der Waals surface area contributed by atoms with Gasteiger partial charge < -0.3 is 19.3 Å². The fourth-order valence-corrected chi connectivity index (χ4v) is 9.33. The fourth-order valence-electron chi connectivity index (χ4n) is 9.33. The van der Waals surface area contributed by atoms with Crippen molar-refractivity contribution in [1.82, 2.24) is 0 Å². The van der Waals surface area contributed by atoms with E-state index in [1.807, 2.05) is 6.07 Å². The summed E-state index contributed by atoms with van der Waals surface area (Å²) in [6.45, 7) is 4.96. The van der Waals surface area contributed by atoms with E-state index < -0.39 is 5.79 Å². The van der Waals surface area contributed by atoms with E-state index in [1.165, 1.54) is 50.5 Å². The van der Waals surface area contributed by atoms with Crippen LogP contribution in [0.15, 0.2) is 18.2 Å². The van der Waals surface area contributed by atoms with Crippen LogP contribution in [0.5, 0.6) is 11.5 Å². The molecule has 0 spiro atoms. The van der Waals surface area contributed by atoms with Gasteiger partial charge in [-0.15, -0.1) is 0 Å². The smallest absolute Gasteiger partial charge is 0.170 e. The molecule has 0 amide bonds. The van der Waals surface area contributed by atoms with Crippen LogP contribution in [-0.4, -0.2) is 32.2 Å². The van der Waals surface area contributed by atoms with Gasteiger partial charge in [0.25, 0.3) is 0 Å². The number of aliphatic hydroxyl groups is 1. The second-order valence-corrected chi connectivity index (χ2v) is 12.5. The normalized spacial score (nSPS) is 43.5. The standard InChI is InChI=1S/C30H46O4/c1-28-15-12-21(7-6-20-8-11-26(32-3)27(19-20)33-4)18-22(28)9-10-23-24(28)13-16-29(2)25(23)14-17-30(29,31)34-5/h8,11,19,21-25,31H,6-7,9-10,12-18H2,1-5H3/t21?,22?,23-,24-,25+,28+,29+,30?/m1/s1. The molecule has 1 aromatic carbocycles. The Bertz CT molecular complexity index is 885. The van der Waals surface area contributed by atoms with Gasteiger partial charge in [-0.1, -0.05) is 19.9 Å². The first kappa shape index (κ1) is 24.4. The number of methoxy groups -OCH3 is 3. The van der Waals surface area contributed by atoms with Gasteiger partial charge in [-0.2, -0.15) is 0 Å². The zero-order chi connectivity index (χ0) is 24.1. The van der Waals surface area contributed by atoms with Crippen LogP contribution in [-0.2, 0) is 11.2 Å². The summed E-state index contributed by atoms with van der Waals surface area (Å²) in [6, 6.07) is 6.39. The molecule has 3 unspecified atom stereocenters. The molecule has 5 rings (SSSR count). The summed E-state index contributed by atoms with van der Waals surface area (Å²) in [7, 11) is 5.12. The first-order valence-electron chi connectivity index (χ1n) is 13.8. The van der Waals surface area contributed by atoms with Crippen LogP contribution in [0.3, 0.4) is 0 Å². The van der Waals surface area contributed by atoms with Gasteiger partial charge in [-0.3, -0.25) is 0 Å². The maximum Gasteiger partial charge on any atom is 0.170 e. The SMILES string of the molecule is COc1ccc(CCC2CC[C@@]3(C)C(CC[C@@H]4[C@H]3CC[C@@]3(C)[C@H]4CCC3(O)OC)C2)cc1OC. The molecule has 0 saturated heterocycles. The highest BCUT2D eigenvalue weighted by Gasteiger charge is 2.65. The molecule has 4 aliphatic rings. The summed E-state index contributed by atoms with van der Waals surface area (Å²) < 4.78 is 16.6. The zero-order valence-electron chi connectivity index (χ0n) is 22.1. The third-order valence-electron chi connectivity index (χ3n) is 11.5. The minimum atomic E-state index is -0.914. The number of aryl methyl sites for hydroxylation is 1. The topological polar surface area (TPSA) is 47.9 Å². The minimum Gasteiger partial charge on any atom is -0.493 e. The van der Waals surface area contributed by atoms with Crippen molar-refractivity contribution in [3.05, 3.63) is 23.8 Å². The zero-order valence-corrected chi connectivity index (χ0v) is 22.1. The van der Waals surface area contributed by atoms with E-state index in [-0.39, 0.29) is 5.41 Å². The molecular weight excluding hydrogens is 424 g/mol. The molecule has 4 heteroatoms. The molecule has 4 saturated carbocycles. The highest BCUT2D eigenvalue weighted by atomic mass is 16.6. The van der Waals surface area contributed by atoms with Crippen molar-refractivity contribution in [2.45, 2.75) is 90.3 Å². The molecule has 0 radical (unpaired) electrons. The van der Waals surface area contributed by atoms with E-state index in [9.17, 15) is 5.11 Å². The van der Waals surface area contributed by atoms with E-state index in [0.717, 1.165) is 60.9 Å². The number of ether oxygens (including phenoxy) is 3. The highest BCUT2D eigenvalue weighted by molar-refractivity contribution is 5.42. The van der Waals surface area contributed by atoms with Crippen LogP contribution in [0.2, 0.25) is 0 Å². The molecule has 4 nitrogen and oxygen atoms in total. The summed E-state index contributed by atoms with van der Waals surface area (Å²) in [5, 5.41) is 11.3. The quantitative estimate of drug-likeness (QED) is 0.474. The molecule has 1 aromatic rings. The van der Waals surface area contributed by atoms with Crippen molar-refractivity contribution < 1.29 is 19.3 Å². The van der Waals surface area contributed by atoms with Crippen molar-refractivity contribution in [2.24, 2.45) is 40.4 Å². The Hall–Kier alpha value is -1.26. The van der Waals surface area contributed by atoms with Gasteiger partial charge in [-0.05, 0) is 117 Å². The molecule has 190 valence electrons. The summed E-state index contributed by atoms with van der Waals surface area (Å²) in [5.41, 5.74) is 1.77. The molecule has 0 bridgehead atoms. The Morgan fingerprint density at radius 2 is 1.65 bits per heavy atom. The van der Waals surface area contributed by atoms with Crippen LogP contribution in [0, 0.1) is 40.4 Å². The maximum absolute atomic E-state index is 11.3. The Balaban J connectivity index is 1.24. The van der Waals surface area contributed by atoms with Gasteiger partial charge >= 0.3 is 0 Å². The average molecular weight is 471 g/mol. The van der Waals surface area contributed by atoms with Crippen molar-refractivity contribution in [3.8, 4) is 11.5 Å². The predicted octanol–water partition coefficient (Wildman–Crippen LogP) is 6.63. The molecule has 1 N–H and O–H groups in total. The Kier molecular flexibility index (Phi) is 6.47. The fraction of sp³-hybridized carbons (Fsp3) is 0.800. The van der Waals surface area contributed by atoms with Crippen LogP contribution >= 0.6 is 0 Å². The molecule has 8 atom stereocenters. The van der Waals surface area contributed by atoms with Crippen molar-refractivity contribution in [2.75, 3.05) is 21.3 Å². The van der Waals surface area contributed by atoms with E-state index in [4.69, 9.17) is 14.2 Å². The van der Waals surface area contributed by atoms with Crippen LogP contribution in [0.25, 0.3) is 0 Å². The lowest BCUT2D eigenvalue weighted by Crippen LogP contribution is -2.57. The second-order valence-electron chi connectivity index (χ2n) is 12.5. The van der Waals surface area contributed by atoms with Gasteiger partial charge in [0, 0.05) is 18.9 Å². The maximum atomic E-state index is 11.3. The number of rotatable bonds is 6. The molecule has 34 heavy (non-hydrogen) atoms. The van der Waals surface area contributed by atoms with Crippen molar-refractivity contribution >= 4 is 0 Å². The number of hydrogen-bond donors (Lipinski definition) is 1. The molecular formula is C30H46O4. The van der Waals surface area contributed by atoms with Crippen molar-refractivity contribution in [1.29, 1.82) is 0 Å². The Morgan fingerprint density at radius 1 is 0.882 bits per heavy atom. The molecule has 0 aromatic heterocycles. The van der Waals surface area contributed by atoms with E-state index in [2.05, 4.69) is 26.0 Å². The van der Waals surface area contributed by atoms with Crippen LogP contribution < -0.4 is 9.47 Å². The molecule has 0 aliphatic heterocycles. The lowest BCUT2D eigenvalue weighted by atomic mass is 9.44. The lowest BCUT2D eigenvalue weighted by molar-refractivity contribution is -0.267. The van der Waals surface area contributed by atoms with E-state index in [0.29, 0.717) is 11.3 Å². The first-order valence-corrected chi connectivity index (χ1v) is 13.8. The van der Waals surface area contributed by atoms with Crippen molar-refractivity contribution in [3.63, 3.8) is 0 Å². The minimum absolute atomic E-state index is 0.0667. The van der Waals surface area contributed by atoms with E-state index in [1.54, 1.807) is 21.3 Å². The van der Waals surface area contributed by atoms with Gasteiger partial charge in [0.1, 0.15) is 0 Å². The number of benzene rings is 1. The summed E-state index contributed by atoms with van der Waals surface area (Å²) in [5.74, 6) is 4.66. The highest BCUT2D eigenvalue weighted by Crippen LogP contribution is 2.68. The van der Waals surface area contributed by atoms with Gasteiger partial charge in [-0.25, -0.2) is 0 Å². The third-order valence-corrected chi connectivity index (χ3v) is 11.5. The van der Waals surface area contributed by atoms with Crippen LogP contribution in [0.4, 0.5) is 0 Å². The lowest BCUT2D eigenvalue weighted by Gasteiger charge is -2.61. The summed E-state index contributed by atoms with van der Waals surface area (Å²) in [4.78, 5) is 0. The van der Waals surface area contributed by atoms with Gasteiger partial charge in [0.05, 0.1) is 14.2 Å². The summed E-state index contributed by atoms with van der Waals surface area (Å²) in [6.07, 6.45) is 13.6. The molecule has 4 aliphatic carbocycles. The van der Waals surface area contributed by atoms with Gasteiger partial charge in [0.15, 0.2) is 17.3 Å². The van der Waals surface area contributed by atoms with Crippen LogP contribution in [0.1, 0.15) is 83.6 Å². The number of hydrogen-bond acceptors (Lipinski definition) is 4. The Morgan fingerprint density at radius 3 is 2.38 bits per heavy atom. The van der Waals surface area contributed by atoms with Gasteiger partial charge in [0.2, 0.25) is 0 Å². The number of fused-ring (bicyclic) bond motifs is 5. The monoisotopic (exact) mass is 470 g/mol. The first-order chi connectivity index (χ1) is 16.3. The molecule has 4 fully saturated rings. The second kappa shape index (κ2) is 9.00. The third kappa shape index (κ3) is 3.70. The Labute approximate surface area is 206 Å². The predicted molar refractivity (Wildman–Crippen MR) is 135 cm³/mol. The summed E-state index contributed by atoms with van der Waals surface area (Å²) >= 11 is 0. The molecule has 0 heterocycles. The average Bonchev–Trinajstić information content (AvgIpc) is 3.13. The van der Waals surface area contributed by atoms with E-state index >= 15 is 0 Å².